The summed E-state index contributed by atoms with van der Waals surface area (Å²) < 4.78 is 25.9. The van der Waals surface area contributed by atoms with Crippen molar-refractivity contribution in [2.24, 2.45) is 7.05 Å². The zero-order valence-electron chi connectivity index (χ0n) is 10.7. The maximum absolute atomic E-state index is 12.1. The second-order valence-electron chi connectivity index (χ2n) is 4.03. The van der Waals surface area contributed by atoms with Crippen LogP contribution in [0.15, 0.2) is 40.6 Å². The summed E-state index contributed by atoms with van der Waals surface area (Å²) in [6, 6.07) is 7.88. The molecule has 0 unspecified atom stereocenters. The van der Waals surface area contributed by atoms with E-state index in [4.69, 9.17) is 5.26 Å². The fourth-order valence-corrected chi connectivity index (χ4v) is 4.04. The first kappa shape index (κ1) is 14.6. The molecule has 0 aliphatic heterocycles. The van der Waals surface area contributed by atoms with Crippen LogP contribution in [0.2, 0.25) is 0 Å². The Morgan fingerprint density at radius 3 is 2.60 bits per heavy atom. The predicted octanol–water partition coefficient (Wildman–Crippen LogP) is 1.25. The summed E-state index contributed by atoms with van der Waals surface area (Å²) in [6.07, 6.45) is 1.57. The molecule has 0 N–H and O–H groups in total. The van der Waals surface area contributed by atoms with Crippen LogP contribution < -0.4 is 0 Å². The monoisotopic (exact) mass is 308 g/mol. The van der Waals surface area contributed by atoms with E-state index in [0.29, 0.717) is 16.5 Å². The Kier molecular flexibility index (Phi) is 4.42. The molecule has 20 heavy (non-hydrogen) atoms. The van der Waals surface area contributed by atoms with Crippen molar-refractivity contribution in [1.82, 2.24) is 14.8 Å². The van der Waals surface area contributed by atoms with E-state index >= 15 is 0 Å². The first-order valence-corrected chi connectivity index (χ1v) is 8.36. The molecule has 2 rings (SSSR count). The van der Waals surface area contributed by atoms with Gasteiger partial charge in [0.1, 0.15) is 6.33 Å². The SMILES string of the molecule is Cn1cnnc1SCCS(=O)(=O)c1ccc(C#N)cc1. The van der Waals surface area contributed by atoms with Gasteiger partial charge in [0, 0.05) is 12.8 Å². The van der Waals surface area contributed by atoms with Gasteiger partial charge in [-0.25, -0.2) is 8.42 Å². The van der Waals surface area contributed by atoms with Crippen LogP contribution in [0.4, 0.5) is 0 Å². The fraction of sp³-hybridized carbons (Fsp3) is 0.250. The Morgan fingerprint density at radius 1 is 1.35 bits per heavy atom. The van der Waals surface area contributed by atoms with Crippen LogP contribution in [-0.2, 0) is 16.9 Å². The third-order valence-corrected chi connectivity index (χ3v) is 5.62. The average Bonchev–Trinajstić information content (AvgIpc) is 2.84. The normalized spacial score (nSPS) is 11.2. The lowest BCUT2D eigenvalue weighted by Gasteiger charge is -2.04. The summed E-state index contributed by atoms with van der Waals surface area (Å²) >= 11 is 1.34. The van der Waals surface area contributed by atoms with Gasteiger partial charge in [-0.15, -0.1) is 10.2 Å². The minimum absolute atomic E-state index is 0.0103. The molecule has 0 aliphatic carbocycles. The van der Waals surface area contributed by atoms with Crippen molar-refractivity contribution in [3.05, 3.63) is 36.2 Å². The minimum Gasteiger partial charge on any atom is -0.312 e. The van der Waals surface area contributed by atoms with E-state index in [0.717, 1.165) is 0 Å². The number of hydrogen-bond donors (Lipinski definition) is 0. The number of hydrogen-bond acceptors (Lipinski definition) is 6. The number of aromatic nitrogens is 3. The van der Waals surface area contributed by atoms with Gasteiger partial charge in [-0.1, -0.05) is 11.8 Å². The van der Waals surface area contributed by atoms with Gasteiger partial charge in [-0.2, -0.15) is 5.26 Å². The van der Waals surface area contributed by atoms with Gasteiger partial charge in [0.05, 0.1) is 22.3 Å². The molecule has 0 aliphatic rings. The van der Waals surface area contributed by atoms with Crippen molar-refractivity contribution in [1.29, 1.82) is 5.26 Å². The van der Waals surface area contributed by atoms with Crippen molar-refractivity contribution >= 4 is 21.6 Å². The molecule has 1 heterocycles. The van der Waals surface area contributed by atoms with Gasteiger partial charge < -0.3 is 4.57 Å². The lowest BCUT2D eigenvalue weighted by Crippen LogP contribution is -2.09. The summed E-state index contributed by atoms with van der Waals surface area (Å²) in [5.41, 5.74) is 0.442. The largest absolute Gasteiger partial charge is 0.312 e. The molecule has 0 spiro atoms. The van der Waals surface area contributed by atoms with Crippen molar-refractivity contribution in [2.75, 3.05) is 11.5 Å². The predicted molar refractivity (Wildman–Crippen MR) is 74.9 cm³/mol. The second kappa shape index (κ2) is 6.07. The molecular weight excluding hydrogens is 296 g/mol. The molecule has 8 heteroatoms. The van der Waals surface area contributed by atoms with Crippen LogP contribution in [0.25, 0.3) is 0 Å². The van der Waals surface area contributed by atoms with Gasteiger partial charge in [-0.3, -0.25) is 0 Å². The highest BCUT2D eigenvalue weighted by Crippen LogP contribution is 2.17. The third kappa shape index (κ3) is 3.37. The lowest BCUT2D eigenvalue weighted by atomic mass is 10.2. The van der Waals surface area contributed by atoms with Crippen LogP contribution in [0.5, 0.6) is 0 Å². The summed E-state index contributed by atoms with van der Waals surface area (Å²) in [7, 11) is -1.54. The van der Waals surface area contributed by atoms with Gasteiger partial charge >= 0.3 is 0 Å². The van der Waals surface area contributed by atoms with Crippen molar-refractivity contribution in [2.45, 2.75) is 10.1 Å². The van der Waals surface area contributed by atoms with E-state index in [1.807, 2.05) is 6.07 Å². The highest BCUT2D eigenvalue weighted by Gasteiger charge is 2.15. The Morgan fingerprint density at radius 2 is 2.05 bits per heavy atom. The molecule has 0 atom stereocenters. The van der Waals surface area contributed by atoms with Crippen LogP contribution in [0, 0.1) is 11.3 Å². The Hall–Kier alpha value is -1.85. The number of nitrogens with zero attached hydrogens (tertiary/aromatic N) is 4. The van der Waals surface area contributed by atoms with E-state index < -0.39 is 9.84 Å². The van der Waals surface area contributed by atoms with Crippen LogP contribution >= 0.6 is 11.8 Å². The smallest absolute Gasteiger partial charge is 0.190 e. The highest BCUT2D eigenvalue weighted by atomic mass is 32.2. The number of thioether (sulfide) groups is 1. The van der Waals surface area contributed by atoms with E-state index in [2.05, 4.69) is 10.2 Å². The lowest BCUT2D eigenvalue weighted by molar-refractivity contribution is 0.597. The number of nitriles is 1. The van der Waals surface area contributed by atoms with E-state index in [-0.39, 0.29) is 10.6 Å². The Bertz CT molecular complexity index is 730. The van der Waals surface area contributed by atoms with Gasteiger partial charge in [-0.05, 0) is 24.3 Å². The van der Waals surface area contributed by atoms with E-state index in [1.54, 1.807) is 17.9 Å². The van der Waals surface area contributed by atoms with E-state index in [9.17, 15) is 8.42 Å². The topological polar surface area (TPSA) is 88.6 Å². The number of aryl methyl sites for hydroxylation is 1. The standard InChI is InChI=1S/C12H12N4O2S2/c1-16-9-14-15-12(16)19-6-7-20(17,18)11-4-2-10(8-13)3-5-11/h2-5,9H,6-7H2,1H3. The highest BCUT2D eigenvalue weighted by molar-refractivity contribution is 8.00. The Balaban J connectivity index is 2.00. The number of sulfone groups is 1. The van der Waals surface area contributed by atoms with Gasteiger partial charge in [0.15, 0.2) is 15.0 Å². The molecular formula is C12H12N4O2S2. The molecule has 0 bridgehead atoms. The summed E-state index contributed by atoms with van der Waals surface area (Å²) in [6.45, 7) is 0. The first-order chi connectivity index (χ1) is 9.53. The molecule has 2 aromatic rings. The van der Waals surface area contributed by atoms with Crippen molar-refractivity contribution in [3.8, 4) is 6.07 Å². The zero-order valence-corrected chi connectivity index (χ0v) is 12.4. The maximum Gasteiger partial charge on any atom is 0.190 e. The van der Waals surface area contributed by atoms with Crippen LogP contribution in [-0.4, -0.2) is 34.7 Å². The van der Waals surface area contributed by atoms with Crippen molar-refractivity contribution in [3.63, 3.8) is 0 Å². The zero-order chi connectivity index (χ0) is 14.6. The van der Waals surface area contributed by atoms with Gasteiger partial charge in [0.25, 0.3) is 0 Å². The van der Waals surface area contributed by atoms with Crippen molar-refractivity contribution < 1.29 is 8.42 Å². The molecule has 1 aromatic carbocycles. The number of benzene rings is 1. The molecule has 0 fully saturated rings. The molecule has 0 amide bonds. The second-order valence-corrected chi connectivity index (χ2v) is 7.20. The summed E-state index contributed by atoms with van der Waals surface area (Å²) in [5.74, 6) is 0.408. The van der Waals surface area contributed by atoms with E-state index in [1.165, 1.54) is 36.0 Å². The summed E-state index contributed by atoms with van der Waals surface area (Å²) in [4.78, 5) is 0.232. The number of rotatable bonds is 5. The van der Waals surface area contributed by atoms with Crippen LogP contribution in [0.1, 0.15) is 5.56 Å². The van der Waals surface area contributed by atoms with Gasteiger partial charge in [0.2, 0.25) is 0 Å². The molecule has 0 saturated heterocycles. The van der Waals surface area contributed by atoms with Crippen LogP contribution in [0.3, 0.4) is 0 Å². The third-order valence-electron chi connectivity index (χ3n) is 2.60. The maximum atomic E-state index is 12.1. The fourth-order valence-electron chi connectivity index (χ4n) is 1.50. The molecule has 0 radical (unpaired) electrons. The quantitative estimate of drug-likeness (QED) is 0.772. The summed E-state index contributed by atoms with van der Waals surface area (Å²) in [5, 5.41) is 17.0. The molecule has 6 nitrogen and oxygen atoms in total. The molecule has 0 saturated carbocycles. The average molecular weight is 308 g/mol. The molecule has 1 aromatic heterocycles. The molecule has 104 valence electrons. The first-order valence-electron chi connectivity index (χ1n) is 5.72. The minimum atomic E-state index is -3.34. The Labute approximate surface area is 121 Å².